The SMILES string of the molecule is CCN(CC)c1ccc(NC(=O)c2ccc3c(c2)CNC3)cn1. The first-order valence-corrected chi connectivity index (χ1v) is 8.06. The van der Waals surface area contributed by atoms with Gasteiger partial charge in [-0.25, -0.2) is 4.98 Å². The van der Waals surface area contributed by atoms with Gasteiger partial charge < -0.3 is 15.5 Å². The third kappa shape index (κ3) is 3.35. The number of hydrogen-bond acceptors (Lipinski definition) is 4. The zero-order valence-corrected chi connectivity index (χ0v) is 13.6. The molecule has 1 aromatic carbocycles. The van der Waals surface area contributed by atoms with Crippen molar-refractivity contribution in [3.05, 3.63) is 53.2 Å². The topological polar surface area (TPSA) is 57.3 Å². The molecule has 0 spiro atoms. The molecule has 5 heteroatoms. The van der Waals surface area contributed by atoms with Gasteiger partial charge in [0.2, 0.25) is 0 Å². The van der Waals surface area contributed by atoms with Gasteiger partial charge >= 0.3 is 0 Å². The molecule has 0 saturated carbocycles. The predicted molar refractivity (Wildman–Crippen MR) is 92.7 cm³/mol. The van der Waals surface area contributed by atoms with E-state index in [-0.39, 0.29) is 5.91 Å². The lowest BCUT2D eigenvalue weighted by molar-refractivity contribution is 0.102. The van der Waals surface area contributed by atoms with Gasteiger partial charge in [-0.15, -0.1) is 0 Å². The van der Waals surface area contributed by atoms with Crippen LogP contribution >= 0.6 is 0 Å². The van der Waals surface area contributed by atoms with Crippen LogP contribution < -0.4 is 15.5 Å². The summed E-state index contributed by atoms with van der Waals surface area (Å²) < 4.78 is 0. The van der Waals surface area contributed by atoms with Crippen molar-refractivity contribution < 1.29 is 4.79 Å². The summed E-state index contributed by atoms with van der Waals surface area (Å²) >= 11 is 0. The van der Waals surface area contributed by atoms with Gasteiger partial charge in [0.05, 0.1) is 11.9 Å². The Labute approximate surface area is 136 Å². The highest BCUT2D eigenvalue weighted by atomic mass is 16.1. The lowest BCUT2D eigenvalue weighted by Gasteiger charge is -2.19. The van der Waals surface area contributed by atoms with E-state index in [4.69, 9.17) is 0 Å². The average Bonchev–Trinajstić information content (AvgIpc) is 3.05. The van der Waals surface area contributed by atoms with Gasteiger partial charge in [-0.3, -0.25) is 4.79 Å². The van der Waals surface area contributed by atoms with Crippen molar-refractivity contribution >= 4 is 17.4 Å². The van der Waals surface area contributed by atoms with Crippen LogP contribution in [0.1, 0.15) is 35.3 Å². The fourth-order valence-electron chi connectivity index (χ4n) is 2.83. The molecule has 0 radical (unpaired) electrons. The van der Waals surface area contributed by atoms with E-state index >= 15 is 0 Å². The second-order valence-corrected chi connectivity index (χ2v) is 5.62. The number of benzene rings is 1. The van der Waals surface area contributed by atoms with Gasteiger partial charge in [0.25, 0.3) is 5.91 Å². The number of nitrogens with zero attached hydrogens (tertiary/aromatic N) is 2. The number of rotatable bonds is 5. The van der Waals surface area contributed by atoms with E-state index in [0.29, 0.717) is 11.3 Å². The van der Waals surface area contributed by atoms with E-state index in [9.17, 15) is 4.79 Å². The molecule has 5 nitrogen and oxygen atoms in total. The van der Waals surface area contributed by atoms with Crippen molar-refractivity contribution in [3.63, 3.8) is 0 Å². The number of nitrogens with one attached hydrogen (secondary N) is 2. The first-order chi connectivity index (χ1) is 11.2. The van der Waals surface area contributed by atoms with Crippen LogP contribution in [0.4, 0.5) is 11.5 Å². The Hall–Kier alpha value is -2.40. The molecule has 0 aliphatic carbocycles. The predicted octanol–water partition coefficient (Wildman–Crippen LogP) is 2.78. The van der Waals surface area contributed by atoms with E-state index in [0.717, 1.165) is 32.0 Å². The van der Waals surface area contributed by atoms with Crippen LogP contribution in [-0.4, -0.2) is 24.0 Å². The van der Waals surface area contributed by atoms with E-state index in [2.05, 4.69) is 34.4 Å². The molecule has 1 amide bonds. The fraction of sp³-hybridized carbons (Fsp3) is 0.333. The molecule has 2 heterocycles. The molecule has 1 aliphatic rings. The quantitative estimate of drug-likeness (QED) is 0.891. The van der Waals surface area contributed by atoms with Crippen LogP contribution in [0.2, 0.25) is 0 Å². The molecule has 0 saturated heterocycles. The summed E-state index contributed by atoms with van der Waals surface area (Å²) in [6.45, 7) is 7.74. The first kappa shape index (κ1) is 15.5. The first-order valence-electron chi connectivity index (χ1n) is 8.06. The molecule has 0 atom stereocenters. The smallest absolute Gasteiger partial charge is 0.255 e. The van der Waals surface area contributed by atoms with Gasteiger partial charge in [-0.05, 0) is 49.2 Å². The fourth-order valence-corrected chi connectivity index (χ4v) is 2.83. The van der Waals surface area contributed by atoms with Crippen molar-refractivity contribution in [1.82, 2.24) is 10.3 Å². The average molecular weight is 310 g/mol. The maximum absolute atomic E-state index is 12.4. The number of pyridine rings is 1. The maximum atomic E-state index is 12.4. The Morgan fingerprint density at radius 1 is 1.17 bits per heavy atom. The molecular formula is C18H22N4O. The number of carbonyl (C=O) groups is 1. The van der Waals surface area contributed by atoms with Gasteiger partial charge in [0, 0.05) is 31.7 Å². The molecule has 2 aromatic rings. The molecule has 0 unspecified atom stereocenters. The highest BCUT2D eigenvalue weighted by Crippen LogP contribution is 2.19. The number of aromatic nitrogens is 1. The number of amides is 1. The molecule has 1 aromatic heterocycles. The van der Waals surface area contributed by atoms with E-state index in [1.807, 2.05) is 30.3 Å². The standard InChI is InChI=1S/C18H22N4O/c1-3-22(4-2)17-8-7-16(12-20-17)21-18(23)13-5-6-14-10-19-11-15(14)9-13/h5-9,12,19H,3-4,10-11H2,1-2H3,(H,21,23). The largest absolute Gasteiger partial charge is 0.357 e. The third-order valence-electron chi connectivity index (χ3n) is 4.19. The second kappa shape index (κ2) is 6.79. The Bertz CT molecular complexity index is 693. The van der Waals surface area contributed by atoms with E-state index in [1.165, 1.54) is 11.1 Å². The number of fused-ring (bicyclic) bond motifs is 1. The van der Waals surface area contributed by atoms with Crippen molar-refractivity contribution in [2.45, 2.75) is 26.9 Å². The molecule has 3 rings (SSSR count). The zero-order chi connectivity index (χ0) is 16.2. The Balaban J connectivity index is 1.70. The Morgan fingerprint density at radius 3 is 2.65 bits per heavy atom. The minimum atomic E-state index is -0.0999. The van der Waals surface area contributed by atoms with Crippen LogP contribution in [0.25, 0.3) is 0 Å². The summed E-state index contributed by atoms with van der Waals surface area (Å²) in [5.41, 5.74) is 3.87. The minimum Gasteiger partial charge on any atom is -0.357 e. The van der Waals surface area contributed by atoms with Gasteiger partial charge in [0.1, 0.15) is 5.82 Å². The van der Waals surface area contributed by atoms with Gasteiger partial charge in [-0.1, -0.05) is 6.07 Å². The van der Waals surface area contributed by atoms with Gasteiger partial charge in [0.15, 0.2) is 0 Å². The van der Waals surface area contributed by atoms with Crippen molar-refractivity contribution in [1.29, 1.82) is 0 Å². The van der Waals surface area contributed by atoms with Crippen LogP contribution in [0.5, 0.6) is 0 Å². The lowest BCUT2D eigenvalue weighted by Crippen LogP contribution is -2.22. The number of anilines is 2. The van der Waals surface area contributed by atoms with Crippen LogP contribution in [0.15, 0.2) is 36.5 Å². The summed E-state index contributed by atoms with van der Waals surface area (Å²) in [4.78, 5) is 19.0. The summed E-state index contributed by atoms with van der Waals surface area (Å²) in [6.07, 6.45) is 1.71. The Morgan fingerprint density at radius 2 is 1.96 bits per heavy atom. The minimum absolute atomic E-state index is 0.0999. The molecule has 23 heavy (non-hydrogen) atoms. The second-order valence-electron chi connectivity index (χ2n) is 5.62. The van der Waals surface area contributed by atoms with E-state index < -0.39 is 0 Å². The molecule has 0 fully saturated rings. The van der Waals surface area contributed by atoms with Gasteiger partial charge in [-0.2, -0.15) is 0 Å². The third-order valence-corrected chi connectivity index (χ3v) is 4.19. The van der Waals surface area contributed by atoms with Crippen LogP contribution in [0, 0.1) is 0 Å². The van der Waals surface area contributed by atoms with E-state index in [1.54, 1.807) is 6.20 Å². The molecule has 2 N–H and O–H groups in total. The highest BCUT2D eigenvalue weighted by molar-refractivity contribution is 6.04. The lowest BCUT2D eigenvalue weighted by atomic mass is 10.1. The van der Waals surface area contributed by atoms with Crippen LogP contribution in [0.3, 0.4) is 0 Å². The Kier molecular flexibility index (Phi) is 4.57. The summed E-state index contributed by atoms with van der Waals surface area (Å²) in [5, 5.41) is 6.20. The normalized spacial score (nSPS) is 12.8. The van der Waals surface area contributed by atoms with Crippen molar-refractivity contribution in [2.75, 3.05) is 23.3 Å². The maximum Gasteiger partial charge on any atom is 0.255 e. The monoisotopic (exact) mass is 310 g/mol. The molecule has 120 valence electrons. The van der Waals surface area contributed by atoms with Crippen molar-refractivity contribution in [3.8, 4) is 0 Å². The zero-order valence-electron chi connectivity index (χ0n) is 13.6. The van der Waals surface area contributed by atoms with Crippen LogP contribution in [-0.2, 0) is 13.1 Å². The summed E-state index contributed by atoms with van der Waals surface area (Å²) in [6, 6.07) is 9.69. The summed E-state index contributed by atoms with van der Waals surface area (Å²) in [7, 11) is 0. The molecular weight excluding hydrogens is 288 g/mol. The number of hydrogen-bond donors (Lipinski definition) is 2. The highest BCUT2D eigenvalue weighted by Gasteiger charge is 2.14. The molecule has 0 bridgehead atoms. The molecule has 1 aliphatic heterocycles. The van der Waals surface area contributed by atoms with Crippen molar-refractivity contribution in [2.24, 2.45) is 0 Å². The number of carbonyl (C=O) groups excluding carboxylic acids is 1. The summed E-state index contributed by atoms with van der Waals surface area (Å²) in [5.74, 6) is 0.827.